The molecule has 5 nitrogen and oxygen atoms in total. The number of hydrogen-bond acceptors (Lipinski definition) is 4. The Morgan fingerprint density at radius 3 is 2.17 bits per heavy atom. The number of hydrogen-bond donors (Lipinski definition) is 2. The number of aromatic hydroxyl groups is 2. The number of phenolic OH excluding ortho intramolecular Hbond substituents is 2. The number of benzene rings is 3. The molecule has 0 fully saturated rings. The zero-order valence-corrected chi connectivity index (χ0v) is 20.3. The van der Waals surface area contributed by atoms with Crippen LogP contribution in [0.4, 0.5) is 0 Å². The molecule has 6 aromatic rings. The average Bonchev–Trinajstić information content (AvgIpc) is 3.17. The van der Waals surface area contributed by atoms with Gasteiger partial charge in [0.1, 0.15) is 22.6 Å². The molecule has 2 N–H and O–H groups in total. The van der Waals surface area contributed by atoms with Crippen LogP contribution in [-0.2, 0) is 0 Å². The zero-order valence-electron chi connectivity index (χ0n) is 20.3. The van der Waals surface area contributed by atoms with Gasteiger partial charge in [0.25, 0.3) is 0 Å². The van der Waals surface area contributed by atoms with Crippen LogP contribution in [-0.4, -0.2) is 14.6 Å². The third-order valence-electron chi connectivity index (χ3n) is 7.52. The van der Waals surface area contributed by atoms with Gasteiger partial charge in [0, 0.05) is 34.0 Å². The molecule has 0 aliphatic carbocycles. The highest BCUT2D eigenvalue weighted by molar-refractivity contribution is 6.21. The minimum Gasteiger partial charge on any atom is -0.508 e. The fourth-order valence-electron chi connectivity index (χ4n) is 5.28. The highest BCUT2D eigenvalue weighted by atomic mass is 16.4. The number of pyridine rings is 1. The zero-order chi connectivity index (χ0) is 24.8. The molecule has 6 rings (SSSR count). The molecule has 0 atom stereocenters. The Labute approximate surface area is 201 Å². The van der Waals surface area contributed by atoms with E-state index in [1.54, 1.807) is 6.07 Å². The van der Waals surface area contributed by atoms with Crippen molar-refractivity contribution in [3.63, 3.8) is 0 Å². The SMILES string of the molecule is Cc1ccc(-c2c3c4cc(C)c(O)cc4oc(=O)c3n3ccc4c(C)c(C)c(C)cc4c23)cc1O. The first-order chi connectivity index (χ1) is 16.7. The highest BCUT2D eigenvalue weighted by Crippen LogP contribution is 2.43. The first-order valence-electron chi connectivity index (χ1n) is 11.6. The van der Waals surface area contributed by atoms with Gasteiger partial charge in [-0.3, -0.25) is 0 Å². The third-order valence-corrected chi connectivity index (χ3v) is 7.52. The molecule has 0 bridgehead atoms. The lowest BCUT2D eigenvalue weighted by Gasteiger charge is -2.13. The molecule has 0 aliphatic heterocycles. The molecule has 0 saturated heterocycles. The van der Waals surface area contributed by atoms with E-state index in [0.29, 0.717) is 16.7 Å². The van der Waals surface area contributed by atoms with E-state index in [1.807, 2.05) is 48.7 Å². The summed E-state index contributed by atoms with van der Waals surface area (Å²) in [5, 5.41) is 24.5. The summed E-state index contributed by atoms with van der Waals surface area (Å²) >= 11 is 0. The minimum atomic E-state index is -0.478. The molecule has 3 aromatic heterocycles. The quantitative estimate of drug-likeness (QED) is 0.258. The summed E-state index contributed by atoms with van der Waals surface area (Å²) in [4.78, 5) is 13.4. The summed E-state index contributed by atoms with van der Waals surface area (Å²) in [6, 6.07) is 13.2. The van der Waals surface area contributed by atoms with E-state index < -0.39 is 5.63 Å². The molecule has 0 radical (unpaired) electrons. The molecule has 0 aliphatic rings. The van der Waals surface area contributed by atoms with Crippen LogP contribution in [0.3, 0.4) is 0 Å². The largest absolute Gasteiger partial charge is 0.508 e. The minimum absolute atomic E-state index is 0.0745. The summed E-state index contributed by atoms with van der Waals surface area (Å²) in [5.41, 5.74) is 7.90. The molecular weight excluding hydrogens is 438 g/mol. The van der Waals surface area contributed by atoms with Gasteiger partial charge in [-0.15, -0.1) is 0 Å². The second kappa shape index (κ2) is 7.12. The fourth-order valence-corrected chi connectivity index (χ4v) is 5.28. The van der Waals surface area contributed by atoms with Crippen LogP contribution in [0, 0.1) is 34.6 Å². The van der Waals surface area contributed by atoms with E-state index in [9.17, 15) is 15.0 Å². The Bertz CT molecular complexity index is 1940. The van der Waals surface area contributed by atoms with Crippen LogP contribution in [0.15, 0.2) is 57.9 Å². The van der Waals surface area contributed by atoms with E-state index in [-0.39, 0.29) is 11.5 Å². The Balaban J connectivity index is 1.98. The molecule has 5 heteroatoms. The summed E-state index contributed by atoms with van der Waals surface area (Å²) < 4.78 is 7.61. The molecule has 174 valence electrons. The van der Waals surface area contributed by atoms with Crippen molar-refractivity contribution >= 4 is 38.2 Å². The van der Waals surface area contributed by atoms with E-state index in [1.165, 1.54) is 22.8 Å². The van der Waals surface area contributed by atoms with Crippen molar-refractivity contribution in [3.05, 3.63) is 86.9 Å². The van der Waals surface area contributed by atoms with Crippen LogP contribution in [0.25, 0.3) is 49.3 Å². The molecule has 0 spiro atoms. The summed E-state index contributed by atoms with van der Waals surface area (Å²) in [6.45, 7) is 10.0. The van der Waals surface area contributed by atoms with E-state index in [0.717, 1.165) is 43.8 Å². The van der Waals surface area contributed by atoms with Gasteiger partial charge in [-0.25, -0.2) is 4.79 Å². The van der Waals surface area contributed by atoms with Crippen molar-refractivity contribution in [3.8, 4) is 22.6 Å². The summed E-state index contributed by atoms with van der Waals surface area (Å²) in [6.07, 6.45) is 1.93. The van der Waals surface area contributed by atoms with E-state index in [4.69, 9.17) is 4.42 Å². The lowest BCUT2D eigenvalue weighted by Crippen LogP contribution is -2.02. The van der Waals surface area contributed by atoms with Gasteiger partial charge in [-0.1, -0.05) is 12.1 Å². The molecule has 0 amide bonds. The predicted octanol–water partition coefficient (Wildman–Crippen LogP) is 6.97. The van der Waals surface area contributed by atoms with Gasteiger partial charge in [0.15, 0.2) is 0 Å². The highest BCUT2D eigenvalue weighted by Gasteiger charge is 2.23. The second-order valence-corrected chi connectivity index (χ2v) is 9.56. The molecular formula is C30H25NO4. The molecule has 0 unspecified atom stereocenters. The van der Waals surface area contributed by atoms with Crippen molar-refractivity contribution in [1.82, 2.24) is 4.40 Å². The van der Waals surface area contributed by atoms with E-state index in [2.05, 4.69) is 26.8 Å². The number of phenols is 2. The van der Waals surface area contributed by atoms with Gasteiger partial charge in [0.2, 0.25) is 0 Å². The van der Waals surface area contributed by atoms with Crippen LogP contribution in [0.2, 0.25) is 0 Å². The monoisotopic (exact) mass is 463 g/mol. The standard InChI is InChI=1S/C30H25NO4/c1-14-6-7-19(12-23(14)32)26-27-22-11-16(3)24(33)13-25(22)35-30(34)29(27)31-9-8-20-18(5)17(4)15(2)10-21(20)28(26)31/h6-13,32-33H,1-5H3. The lowest BCUT2D eigenvalue weighted by molar-refractivity contribution is 0.469. The lowest BCUT2D eigenvalue weighted by atomic mass is 9.93. The van der Waals surface area contributed by atoms with Crippen molar-refractivity contribution in [2.45, 2.75) is 34.6 Å². The second-order valence-electron chi connectivity index (χ2n) is 9.56. The topological polar surface area (TPSA) is 75.1 Å². The van der Waals surface area contributed by atoms with Gasteiger partial charge in [-0.2, -0.15) is 0 Å². The summed E-state index contributed by atoms with van der Waals surface area (Å²) in [7, 11) is 0. The number of aryl methyl sites for hydroxylation is 4. The van der Waals surface area contributed by atoms with Crippen LogP contribution in [0.1, 0.15) is 27.8 Å². The van der Waals surface area contributed by atoms with Gasteiger partial charge >= 0.3 is 5.63 Å². The van der Waals surface area contributed by atoms with Gasteiger partial charge in [-0.05, 0) is 97.7 Å². The van der Waals surface area contributed by atoms with Gasteiger partial charge < -0.3 is 19.0 Å². The number of aromatic nitrogens is 1. The molecule has 35 heavy (non-hydrogen) atoms. The third kappa shape index (κ3) is 2.84. The van der Waals surface area contributed by atoms with Crippen molar-refractivity contribution in [2.24, 2.45) is 0 Å². The number of nitrogens with zero attached hydrogens (tertiary/aromatic N) is 1. The molecule has 3 aromatic carbocycles. The van der Waals surface area contributed by atoms with Crippen molar-refractivity contribution in [2.75, 3.05) is 0 Å². The number of fused-ring (bicyclic) bond motifs is 7. The maximum atomic E-state index is 13.4. The maximum Gasteiger partial charge on any atom is 0.361 e. The average molecular weight is 464 g/mol. The van der Waals surface area contributed by atoms with Crippen molar-refractivity contribution in [1.29, 1.82) is 0 Å². The Kier molecular flexibility index (Phi) is 4.33. The first kappa shape index (κ1) is 21.3. The smallest absolute Gasteiger partial charge is 0.361 e. The Morgan fingerprint density at radius 1 is 0.714 bits per heavy atom. The van der Waals surface area contributed by atoms with Crippen LogP contribution < -0.4 is 5.63 Å². The van der Waals surface area contributed by atoms with Crippen LogP contribution >= 0.6 is 0 Å². The Morgan fingerprint density at radius 2 is 1.43 bits per heavy atom. The van der Waals surface area contributed by atoms with Gasteiger partial charge in [0.05, 0.1) is 5.52 Å². The van der Waals surface area contributed by atoms with Crippen molar-refractivity contribution < 1.29 is 14.6 Å². The number of rotatable bonds is 1. The predicted molar refractivity (Wildman–Crippen MR) is 141 cm³/mol. The van der Waals surface area contributed by atoms with Crippen LogP contribution in [0.5, 0.6) is 11.5 Å². The first-order valence-corrected chi connectivity index (χ1v) is 11.6. The molecule has 0 saturated carbocycles. The van der Waals surface area contributed by atoms with E-state index >= 15 is 0 Å². The fraction of sp³-hybridized carbons (Fsp3) is 0.167. The maximum absolute atomic E-state index is 13.4. The Hall–Kier alpha value is -4.25. The molecule has 3 heterocycles. The normalized spacial score (nSPS) is 11.9. The summed E-state index contributed by atoms with van der Waals surface area (Å²) in [5.74, 6) is 0.269.